The first-order chi connectivity index (χ1) is 10.7. The smallest absolute Gasteiger partial charge is 0.163 e. The molecule has 4 heteroatoms. The Hall–Kier alpha value is -2.49. The second kappa shape index (κ2) is 6.10. The SMILES string of the molecule is COc1cc2nc(CCc3ccc(C)cc3)[nH]c2cc1OC. The molecule has 0 aliphatic heterocycles. The first-order valence-electron chi connectivity index (χ1n) is 7.36. The van der Waals surface area contributed by atoms with Crippen LogP contribution >= 0.6 is 0 Å². The number of fused-ring (bicyclic) bond motifs is 1. The molecule has 3 aromatic rings. The van der Waals surface area contributed by atoms with Crippen molar-refractivity contribution in [1.29, 1.82) is 0 Å². The van der Waals surface area contributed by atoms with Crippen LogP contribution in [0, 0.1) is 6.92 Å². The predicted octanol–water partition coefficient (Wildman–Crippen LogP) is 3.67. The first-order valence-corrected chi connectivity index (χ1v) is 7.36. The number of benzene rings is 2. The summed E-state index contributed by atoms with van der Waals surface area (Å²) < 4.78 is 10.6. The molecule has 4 nitrogen and oxygen atoms in total. The van der Waals surface area contributed by atoms with Gasteiger partial charge in [-0.1, -0.05) is 29.8 Å². The van der Waals surface area contributed by atoms with Crippen molar-refractivity contribution < 1.29 is 9.47 Å². The highest BCUT2D eigenvalue weighted by Gasteiger charge is 2.10. The highest BCUT2D eigenvalue weighted by molar-refractivity contribution is 5.79. The molecule has 0 unspecified atom stereocenters. The van der Waals surface area contributed by atoms with Crippen molar-refractivity contribution in [3.8, 4) is 11.5 Å². The fourth-order valence-corrected chi connectivity index (χ4v) is 2.53. The molecule has 22 heavy (non-hydrogen) atoms. The van der Waals surface area contributed by atoms with Crippen molar-refractivity contribution in [2.45, 2.75) is 19.8 Å². The molecule has 0 saturated heterocycles. The van der Waals surface area contributed by atoms with Gasteiger partial charge in [-0.15, -0.1) is 0 Å². The molecule has 0 saturated carbocycles. The van der Waals surface area contributed by atoms with Gasteiger partial charge in [-0.25, -0.2) is 4.98 Å². The number of imidazole rings is 1. The lowest BCUT2D eigenvalue weighted by atomic mass is 10.1. The lowest BCUT2D eigenvalue weighted by molar-refractivity contribution is 0.356. The Morgan fingerprint density at radius 1 is 0.955 bits per heavy atom. The molecule has 1 aromatic heterocycles. The average Bonchev–Trinajstić information content (AvgIpc) is 2.94. The third-order valence-corrected chi connectivity index (χ3v) is 3.81. The standard InChI is InChI=1S/C18H20N2O2/c1-12-4-6-13(7-5-12)8-9-18-19-14-10-16(21-2)17(22-3)11-15(14)20-18/h4-7,10-11H,8-9H2,1-3H3,(H,19,20). The summed E-state index contributed by atoms with van der Waals surface area (Å²) in [5, 5.41) is 0. The fourth-order valence-electron chi connectivity index (χ4n) is 2.53. The number of hydrogen-bond acceptors (Lipinski definition) is 3. The number of methoxy groups -OCH3 is 2. The predicted molar refractivity (Wildman–Crippen MR) is 87.8 cm³/mol. The maximum absolute atomic E-state index is 5.32. The van der Waals surface area contributed by atoms with E-state index in [1.54, 1.807) is 14.2 Å². The zero-order valence-corrected chi connectivity index (χ0v) is 13.1. The summed E-state index contributed by atoms with van der Waals surface area (Å²) in [7, 11) is 3.27. The molecule has 0 aliphatic rings. The minimum Gasteiger partial charge on any atom is -0.493 e. The number of nitrogens with zero attached hydrogens (tertiary/aromatic N) is 1. The summed E-state index contributed by atoms with van der Waals surface area (Å²) in [4.78, 5) is 7.99. The number of aromatic nitrogens is 2. The van der Waals surface area contributed by atoms with E-state index in [1.807, 2.05) is 12.1 Å². The van der Waals surface area contributed by atoms with Crippen LogP contribution in [0.25, 0.3) is 11.0 Å². The molecule has 0 atom stereocenters. The third-order valence-electron chi connectivity index (χ3n) is 3.81. The zero-order chi connectivity index (χ0) is 15.5. The first kappa shape index (κ1) is 14.4. The monoisotopic (exact) mass is 296 g/mol. The summed E-state index contributed by atoms with van der Waals surface area (Å²) in [6, 6.07) is 12.5. The van der Waals surface area contributed by atoms with E-state index in [2.05, 4.69) is 41.2 Å². The Morgan fingerprint density at radius 2 is 1.64 bits per heavy atom. The lowest BCUT2D eigenvalue weighted by Crippen LogP contribution is -1.93. The second-order valence-electron chi connectivity index (χ2n) is 5.39. The topological polar surface area (TPSA) is 47.1 Å². The summed E-state index contributed by atoms with van der Waals surface area (Å²) in [6.45, 7) is 2.10. The van der Waals surface area contributed by atoms with E-state index in [1.165, 1.54) is 11.1 Å². The molecule has 0 amide bonds. The number of H-pyrrole nitrogens is 1. The summed E-state index contributed by atoms with van der Waals surface area (Å²) in [5.41, 5.74) is 4.47. The lowest BCUT2D eigenvalue weighted by Gasteiger charge is -2.06. The zero-order valence-electron chi connectivity index (χ0n) is 13.1. The van der Waals surface area contributed by atoms with E-state index in [0.717, 1.165) is 29.7 Å². The van der Waals surface area contributed by atoms with Crippen molar-refractivity contribution in [2.75, 3.05) is 14.2 Å². The van der Waals surface area contributed by atoms with Gasteiger partial charge in [-0.05, 0) is 18.9 Å². The largest absolute Gasteiger partial charge is 0.493 e. The van der Waals surface area contributed by atoms with Crippen LogP contribution in [0.1, 0.15) is 17.0 Å². The van der Waals surface area contributed by atoms with Crippen molar-refractivity contribution >= 4 is 11.0 Å². The Morgan fingerprint density at radius 3 is 2.32 bits per heavy atom. The van der Waals surface area contributed by atoms with E-state index in [-0.39, 0.29) is 0 Å². The Kier molecular flexibility index (Phi) is 4.00. The highest BCUT2D eigenvalue weighted by atomic mass is 16.5. The normalized spacial score (nSPS) is 10.9. The Labute approximate surface area is 130 Å². The molecule has 0 fully saturated rings. The molecule has 3 rings (SSSR count). The summed E-state index contributed by atoms with van der Waals surface area (Å²) in [6.07, 6.45) is 1.84. The van der Waals surface area contributed by atoms with Gasteiger partial charge in [0, 0.05) is 18.6 Å². The van der Waals surface area contributed by atoms with E-state index in [0.29, 0.717) is 11.5 Å². The van der Waals surface area contributed by atoms with Gasteiger partial charge in [0.05, 0.1) is 25.3 Å². The van der Waals surface area contributed by atoms with Crippen LogP contribution in [-0.2, 0) is 12.8 Å². The number of ether oxygens (including phenoxy) is 2. The minimum atomic E-state index is 0.701. The molecule has 2 aromatic carbocycles. The van der Waals surface area contributed by atoms with Crippen molar-refractivity contribution in [3.05, 3.63) is 53.3 Å². The number of rotatable bonds is 5. The molecule has 1 N–H and O–H groups in total. The highest BCUT2D eigenvalue weighted by Crippen LogP contribution is 2.31. The fraction of sp³-hybridized carbons (Fsp3) is 0.278. The number of aromatic amines is 1. The van der Waals surface area contributed by atoms with Gasteiger partial charge >= 0.3 is 0 Å². The van der Waals surface area contributed by atoms with Crippen LogP contribution in [0.4, 0.5) is 0 Å². The van der Waals surface area contributed by atoms with Crippen molar-refractivity contribution in [3.63, 3.8) is 0 Å². The molecule has 0 bridgehead atoms. The van der Waals surface area contributed by atoms with Crippen LogP contribution in [0.2, 0.25) is 0 Å². The molecule has 0 radical (unpaired) electrons. The van der Waals surface area contributed by atoms with E-state index < -0.39 is 0 Å². The second-order valence-corrected chi connectivity index (χ2v) is 5.39. The summed E-state index contributed by atoms with van der Waals surface area (Å²) >= 11 is 0. The average molecular weight is 296 g/mol. The van der Waals surface area contributed by atoms with Crippen molar-refractivity contribution in [2.24, 2.45) is 0 Å². The van der Waals surface area contributed by atoms with Gasteiger partial charge in [0.25, 0.3) is 0 Å². The van der Waals surface area contributed by atoms with Crippen LogP contribution < -0.4 is 9.47 Å². The van der Waals surface area contributed by atoms with Crippen LogP contribution in [0.3, 0.4) is 0 Å². The molecule has 1 heterocycles. The van der Waals surface area contributed by atoms with Gasteiger partial charge in [0.15, 0.2) is 11.5 Å². The maximum Gasteiger partial charge on any atom is 0.163 e. The van der Waals surface area contributed by atoms with Gasteiger partial charge in [-0.2, -0.15) is 0 Å². The number of hydrogen-bond donors (Lipinski definition) is 1. The Bertz CT molecular complexity index is 735. The van der Waals surface area contributed by atoms with Gasteiger partial charge in [0.2, 0.25) is 0 Å². The van der Waals surface area contributed by atoms with Gasteiger partial charge in [-0.3, -0.25) is 0 Å². The number of nitrogens with one attached hydrogen (secondary N) is 1. The van der Waals surface area contributed by atoms with Crippen molar-refractivity contribution in [1.82, 2.24) is 9.97 Å². The van der Waals surface area contributed by atoms with Crippen LogP contribution in [-0.4, -0.2) is 24.2 Å². The maximum atomic E-state index is 5.32. The quantitative estimate of drug-likeness (QED) is 0.781. The molecule has 114 valence electrons. The van der Waals surface area contributed by atoms with Gasteiger partial charge < -0.3 is 14.5 Å². The molecule has 0 aliphatic carbocycles. The van der Waals surface area contributed by atoms with Crippen LogP contribution in [0.5, 0.6) is 11.5 Å². The molecule has 0 spiro atoms. The van der Waals surface area contributed by atoms with Gasteiger partial charge in [0.1, 0.15) is 5.82 Å². The minimum absolute atomic E-state index is 0.701. The van der Waals surface area contributed by atoms with Crippen LogP contribution in [0.15, 0.2) is 36.4 Å². The van der Waals surface area contributed by atoms with E-state index >= 15 is 0 Å². The molecular weight excluding hydrogens is 276 g/mol. The third kappa shape index (κ3) is 2.91. The summed E-state index contributed by atoms with van der Waals surface area (Å²) in [5.74, 6) is 2.39. The van der Waals surface area contributed by atoms with E-state index in [4.69, 9.17) is 9.47 Å². The van der Waals surface area contributed by atoms with E-state index in [9.17, 15) is 0 Å². The Balaban J connectivity index is 1.81. The number of aryl methyl sites for hydroxylation is 3. The molecular formula is C18H20N2O2.